The van der Waals surface area contributed by atoms with Crippen LogP contribution in [-0.4, -0.2) is 57.4 Å². The first-order valence-electron chi connectivity index (χ1n) is 7.83. The molecule has 1 aliphatic heterocycles. The number of fused-ring (bicyclic) bond motifs is 1. The number of guanidine groups is 1. The van der Waals surface area contributed by atoms with Gasteiger partial charge in [-0.05, 0) is 12.1 Å². The Morgan fingerprint density at radius 1 is 1.37 bits per heavy atom. The van der Waals surface area contributed by atoms with Gasteiger partial charge in [0.1, 0.15) is 11.5 Å². The fourth-order valence-corrected chi connectivity index (χ4v) is 3.16. The zero-order chi connectivity index (χ0) is 20.2. The zero-order valence-corrected chi connectivity index (χ0v) is 15.6. The Hall–Kier alpha value is -2.92. The topological polar surface area (TPSA) is 152 Å². The third-order valence-corrected chi connectivity index (χ3v) is 4.53. The highest BCUT2D eigenvalue weighted by molar-refractivity contribution is 7.87. The Kier molecular flexibility index (Phi) is 6.18. The van der Waals surface area contributed by atoms with Crippen LogP contribution in [-0.2, 0) is 19.2 Å². The lowest BCUT2D eigenvalue weighted by atomic mass is 10.0. The fourth-order valence-electron chi connectivity index (χ4n) is 2.37. The molecule has 0 spiro atoms. The molecule has 4 N–H and O–H groups in total. The molecule has 0 radical (unpaired) electrons. The number of hydroxylamine groups is 1. The number of benzene rings is 1. The zero-order valence-electron chi connectivity index (χ0n) is 14.8. The first-order chi connectivity index (χ1) is 12.6. The molecule has 1 aromatic carbocycles. The van der Waals surface area contributed by atoms with Crippen LogP contribution in [0.1, 0.15) is 22.3 Å². The van der Waals surface area contributed by atoms with Crippen LogP contribution in [0.3, 0.4) is 0 Å². The summed E-state index contributed by atoms with van der Waals surface area (Å²) in [4.78, 5) is 26.1. The number of Topliss-reactive ketones (excluding diaryl/α,β-unsaturated/α-hetero) is 1. The van der Waals surface area contributed by atoms with Crippen molar-refractivity contribution in [1.29, 1.82) is 5.41 Å². The third-order valence-electron chi connectivity index (χ3n) is 3.57. The van der Waals surface area contributed by atoms with E-state index in [2.05, 4.69) is 4.28 Å². The summed E-state index contributed by atoms with van der Waals surface area (Å²) < 4.78 is 33.5. The van der Waals surface area contributed by atoms with Gasteiger partial charge in [-0.2, -0.15) is 8.42 Å². The molecular formula is C16H20N4O6S. The van der Waals surface area contributed by atoms with Gasteiger partial charge in [-0.25, -0.2) is 5.48 Å². The van der Waals surface area contributed by atoms with Crippen molar-refractivity contribution in [3.63, 3.8) is 0 Å². The van der Waals surface area contributed by atoms with E-state index in [1.54, 1.807) is 37.8 Å². The standard InChI is InChI=1S/C16H20N4O6S/c1-20(2)15(22)12-5-3-4-11-8-10(6-7-25-14(11)12)13(21)9-27(23,24)26-19-16(17)18/h3-5,8H,6-7,9H2,1-2H3,(H4,17,18,19). The molecule has 10 nitrogen and oxygen atoms in total. The van der Waals surface area contributed by atoms with E-state index in [-0.39, 0.29) is 24.5 Å². The highest BCUT2D eigenvalue weighted by atomic mass is 32.2. The maximum atomic E-state index is 12.4. The van der Waals surface area contributed by atoms with E-state index in [4.69, 9.17) is 15.9 Å². The molecule has 0 aromatic heterocycles. The van der Waals surface area contributed by atoms with Crippen LogP contribution < -0.4 is 16.0 Å². The summed E-state index contributed by atoms with van der Waals surface area (Å²) in [7, 11) is -1.04. The molecule has 2 rings (SSSR count). The Morgan fingerprint density at radius 3 is 2.70 bits per heavy atom. The summed E-state index contributed by atoms with van der Waals surface area (Å²) in [6, 6.07) is 4.94. The predicted octanol–water partition coefficient (Wildman–Crippen LogP) is -0.132. The van der Waals surface area contributed by atoms with Gasteiger partial charge in [0.15, 0.2) is 5.78 Å². The summed E-state index contributed by atoms with van der Waals surface area (Å²) in [5, 5.41) is 6.88. The smallest absolute Gasteiger partial charge is 0.295 e. The lowest BCUT2D eigenvalue weighted by molar-refractivity contribution is -0.113. The highest BCUT2D eigenvalue weighted by Crippen LogP contribution is 2.30. The van der Waals surface area contributed by atoms with E-state index in [1.165, 1.54) is 11.0 Å². The molecule has 1 amide bonds. The molecule has 27 heavy (non-hydrogen) atoms. The second-order valence-corrected chi connectivity index (χ2v) is 7.49. The number of nitrogens with one attached hydrogen (secondary N) is 2. The molecule has 0 atom stereocenters. The highest BCUT2D eigenvalue weighted by Gasteiger charge is 2.25. The summed E-state index contributed by atoms with van der Waals surface area (Å²) >= 11 is 0. The Morgan fingerprint density at radius 2 is 2.07 bits per heavy atom. The van der Waals surface area contributed by atoms with Gasteiger partial charge in [-0.1, -0.05) is 12.1 Å². The molecule has 1 heterocycles. The van der Waals surface area contributed by atoms with Crippen molar-refractivity contribution in [2.24, 2.45) is 5.73 Å². The second-order valence-electron chi connectivity index (χ2n) is 5.92. The van der Waals surface area contributed by atoms with Crippen LogP contribution in [0.4, 0.5) is 0 Å². The van der Waals surface area contributed by atoms with Crippen molar-refractivity contribution < 1.29 is 27.0 Å². The minimum atomic E-state index is -4.27. The van der Waals surface area contributed by atoms with Gasteiger partial charge < -0.3 is 15.4 Å². The van der Waals surface area contributed by atoms with Gasteiger partial charge in [0.05, 0.1) is 12.2 Å². The first-order valence-corrected chi connectivity index (χ1v) is 9.41. The molecule has 0 bridgehead atoms. The minimum Gasteiger partial charge on any atom is -0.492 e. The van der Waals surface area contributed by atoms with Gasteiger partial charge >= 0.3 is 0 Å². The number of amides is 1. The number of nitrogens with zero attached hydrogens (tertiary/aromatic N) is 1. The number of hydrogen-bond donors (Lipinski definition) is 3. The monoisotopic (exact) mass is 396 g/mol. The SMILES string of the molecule is CN(C)C(=O)c1cccc2c1OCCC(C(=O)CS(=O)(=O)ONC(=N)N)=C2. The maximum Gasteiger partial charge on any atom is 0.295 e. The van der Waals surface area contributed by atoms with Gasteiger partial charge in [-0.15, -0.1) is 4.28 Å². The van der Waals surface area contributed by atoms with Crippen LogP contribution in [0.5, 0.6) is 5.75 Å². The molecule has 0 saturated carbocycles. The van der Waals surface area contributed by atoms with Crippen molar-refractivity contribution in [2.75, 3.05) is 26.5 Å². The fraction of sp³-hybridized carbons (Fsp3) is 0.312. The molecule has 1 aromatic rings. The number of hydrogen-bond acceptors (Lipinski definition) is 7. The summed E-state index contributed by atoms with van der Waals surface area (Å²) in [5.41, 5.74) is 7.71. The number of nitrogens with two attached hydrogens (primary N) is 1. The summed E-state index contributed by atoms with van der Waals surface area (Å²) in [6.07, 6.45) is 1.67. The summed E-state index contributed by atoms with van der Waals surface area (Å²) in [5.74, 6) is -2.22. The average molecular weight is 396 g/mol. The van der Waals surface area contributed by atoms with E-state index < -0.39 is 27.6 Å². The number of rotatable bonds is 6. The lowest BCUT2D eigenvalue weighted by Gasteiger charge is -2.15. The van der Waals surface area contributed by atoms with Crippen LogP contribution >= 0.6 is 0 Å². The van der Waals surface area contributed by atoms with Crippen molar-refractivity contribution in [3.05, 3.63) is 34.9 Å². The molecule has 0 fully saturated rings. The van der Waals surface area contributed by atoms with Crippen molar-refractivity contribution >= 4 is 33.8 Å². The summed E-state index contributed by atoms with van der Waals surface area (Å²) in [6.45, 7) is 0.106. The van der Waals surface area contributed by atoms with Crippen LogP contribution in [0.15, 0.2) is 23.8 Å². The normalized spacial score (nSPS) is 13.5. The van der Waals surface area contributed by atoms with Gasteiger partial charge in [0, 0.05) is 31.7 Å². The Balaban J connectivity index is 2.28. The Bertz CT molecular complexity index is 907. The molecule has 0 unspecified atom stereocenters. The van der Waals surface area contributed by atoms with E-state index in [9.17, 15) is 18.0 Å². The lowest BCUT2D eigenvalue weighted by Crippen LogP contribution is -2.34. The molecular weight excluding hydrogens is 376 g/mol. The molecule has 146 valence electrons. The van der Waals surface area contributed by atoms with Gasteiger partial charge in [0.25, 0.3) is 16.0 Å². The molecule has 0 aliphatic carbocycles. The first kappa shape index (κ1) is 20.4. The maximum absolute atomic E-state index is 12.4. The van der Waals surface area contributed by atoms with Crippen LogP contribution in [0.25, 0.3) is 6.08 Å². The third kappa shape index (κ3) is 5.28. The average Bonchev–Trinajstić information content (AvgIpc) is 2.81. The molecule has 0 saturated heterocycles. The van der Waals surface area contributed by atoms with Crippen molar-refractivity contribution in [3.8, 4) is 5.75 Å². The molecule has 11 heteroatoms. The Labute approximate surface area is 156 Å². The van der Waals surface area contributed by atoms with E-state index in [1.807, 2.05) is 0 Å². The number of ether oxygens (including phenoxy) is 1. The number of carbonyl (C=O) groups is 2. The van der Waals surface area contributed by atoms with Crippen molar-refractivity contribution in [1.82, 2.24) is 10.4 Å². The quantitative estimate of drug-likeness (QED) is 0.341. The number of para-hydroxylation sites is 1. The van der Waals surface area contributed by atoms with E-state index in [0.29, 0.717) is 16.9 Å². The number of carbonyl (C=O) groups excluding carboxylic acids is 2. The van der Waals surface area contributed by atoms with E-state index >= 15 is 0 Å². The number of ketones is 1. The van der Waals surface area contributed by atoms with E-state index in [0.717, 1.165) is 0 Å². The second kappa shape index (κ2) is 8.18. The predicted molar refractivity (Wildman–Crippen MR) is 97.5 cm³/mol. The van der Waals surface area contributed by atoms with Gasteiger partial charge in [0.2, 0.25) is 5.96 Å². The largest absolute Gasteiger partial charge is 0.492 e. The minimum absolute atomic E-state index is 0.106. The van der Waals surface area contributed by atoms with Crippen molar-refractivity contribution in [2.45, 2.75) is 6.42 Å². The van der Waals surface area contributed by atoms with Gasteiger partial charge in [-0.3, -0.25) is 15.0 Å². The van der Waals surface area contributed by atoms with Crippen LogP contribution in [0, 0.1) is 5.41 Å². The van der Waals surface area contributed by atoms with Crippen LogP contribution in [0.2, 0.25) is 0 Å². The molecule has 1 aliphatic rings.